The Kier molecular flexibility index (Phi) is 4.84. The van der Waals surface area contributed by atoms with Gasteiger partial charge in [0.05, 0.1) is 0 Å². The van der Waals surface area contributed by atoms with E-state index in [1.807, 2.05) is 19.1 Å². The Bertz CT molecular complexity index is 605. The molecule has 0 saturated heterocycles. The average molecular weight is 292 g/mol. The lowest BCUT2D eigenvalue weighted by Crippen LogP contribution is -2.14. The Morgan fingerprint density at radius 1 is 1.40 bits per heavy atom. The van der Waals surface area contributed by atoms with Crippen LogP contribution in [0.3, 0.4) is 0 Å². The van der Waals surface area contributed by atoms with Gasteiger partial charge in [-0.2, -0.15) is 0 Å². The monoisotopic (exact) mass is 291 g/mol. The van der Waals surface area contributed by atoms with Crippen LogP contribution >= 0.6 is 11.6 Å². The number of halogens is 1. The number of hydrogen-bond donors (Lipinski definition) is 1. The zero-order chi connectivity index (χ0) is 14.4. The number of carbonyl (C=O) groups excluding carboxylic acids is 1. The smallest absolute Gasteiger partial charge is 0.250 e. The van der Waals surface area contributed by atoms with Crippen LogP contribution in [-0.4, -0.2) is 26.1 Å². The van der Waals surface area contributed by atoms with Gasteiger partial charge in [-0.1, -0.05) is 35.8 Å². The average Bonchev–Trinajstić information content (AvgIpc) is 2.86. The van der Waals surface area contributed by atoms with Gasteiger partial charge in [-0.25, -0.2) is 4.68 Å². The van der Waals surface area contributed by atoms with E-state index in [0.717, 1.165) is 12.0 Å². The highest BCUT2D eigenvalue weighted by atomic mass is 35.5. The van der Waals surface area contributed by atoms with E-state index in [2.05, 4.69) is 20.8 Å². The second kappa shape index (κ2) is 6.81. The molecule has 1 amide bonds. The number of carbonyl (C=O) groups is 1. The van der Waals surface area contributed by atoms with Crippen molar-refractivity contribution < 1.29 is 4.79 Å². The highest BCUT2D eigenvalue weighted by molar-refractivity contribution is 6.30. The summed E-state index contributed by atoms with van der Waals surface area (Å²) in [4.78, 5) is 11.8. The molecular formula is C13H14ClN5O. The van der Waals surface area contributed by atoms with Gasteiger partial charge < -0.3 is 0 Å². The summed E-state index contributed by atoms with van der Waals surface area (Å²) in [7, 11) is 0. The van der Waals surface area contributed by atoms with Gasteiger partial charge in [0.15, 0.2) is 0 Å². The lowest BCUT2D eigenvalue weighted by atomic mass is 10.2. The largest absolute Gasteiger partial charge is 0.290 e. The highest BCUT2D eigenvalue weighted by Crippen LogP contribution is 2.10. The van der Waals surface area contributed by atoms with Crippen molar-refractivity contribution in [3.63, 3.8) is 0 Å². The van der Waals surface area contributed by atoms with E-state index in [0.29, 0.717) is 17.5 Å². The molecule has 0 aliphatic heterocycles. The molecule has 0 unspecified atom stereocenters. The summed E-state index contributed by atoms with van der Waals surface area (Å²) in [6.45, 7) is 2.66. The zero-order valence-corrected chi connectivity index (χ0v) is 11.7. The first kappa shape index (κ1) is 14.2. The molecule has 0 bridgehead atoms. The predicted octanol–water partition coefficient (Wildman–Crippen LogP) is 2.39. The van der Waals surface area contributed by atoms with Crippen molar-refractivity contribution in [2.75, 3.05) is 5.32 Å². The fourth-order valence-corrected chi connectivity index (χ4v) is 1.68. The molecule has 2 aromatic rings. The standard InChI is InChI=1S/C13H14ClN5O/c1-2-9-19-13(16-17-18-19)15-12(20)8-5-10-3-6-11(14)7-4-10/h3-8H,2,9H2,1H3,(H,15,16,18,20)/b8-5+. The Balaban J connectivity index is 1.98. The number of amides is 1. The van der Waals surface area contributed by atoms with E-state index >= 15 is 0 Å². The van der Waals surface area contributed by atoms with E-state index in [9.17, 15) is 4.79 Å². The van der Waals surface area contributed by atoms with Crippen molar-refractivity contribution in [3.05, 3.63) is 40.9 Å². The molecule has 0 spiro atoms. The quantitative estimate of drug-likeness (QED) is 0.859. The Morgan fingerprint density at radius 2 is 2.15 bits per heavy atom. The summed E-state index contributed by atoms with van der Waals surface area (Å²) in [5, 5.41) is 14.4. The molecule has 20 heavy (non-hydrogen) atoms. The zero-order valence-electron chi connectivity index (χ0n) is 11.0. The number of nitrogens with one attached hydrogen (secondary N) is 1. The molecule has 104 valence electrons. The summed E-state index contributed by atoms with van der Waals surface area (Å²) in [6.07, 6.45) is 4.00. The van der Waals surface area contributed by atoms with Gasteiger partial charge in [0.1, 0.15) is 0 Å². The molecule has 7 heteroatoms. The minimum Gasteiger partial charge on any atom is -0.290 e. The second-order valence-corrected chi connectivity index (χ2v) is 4.54. The first-order chi connectivity index (χ1) is 9.69. The molecule has 0 atom stereocenters. The van der Waals surface area contributed by atoms with Crippen molar-refractivity contribution in [3.8, 4) is 0 Å². The number of aromatic nitrogens is 4. The van der Waals surface area contributed by atoms with E-state index in [1.165, 1.54) is 6.08 Å². The molecule has 0 saturated carbocycles. The first-order valence-electron chi connectivity index (χ1n) is 6.20. The van der Waals surface area contributed by atoms with Gasteiger partial charge >= 0.3 is 0 Å². The fourth-order valence-electron chi connectivity index (χ4n) is 1.55. The molecule has 6 nitrogen and oxygen atoms in total. The number of nitrogens with zero attached hydrogens (tertiary/aromatic N) is 4. The minimum absolute atomic E-state index is 0.285. The molecule has 1 N–H and O–H groups in total. The second-order valence-electron chi connectivity index (χ2n) is 4.10. The van der Waals surface area contributed by atoms with Crippen LogP contribution in [0.5, 0.6) is 0 Å². The van der Waals surface area contributed by atoms with E-state index < -0.39 is 0 Å². The SMILES string of the molecule is CCCn1nnnc1NC(=O)/C=C/c1ccc(Cl)cc1. The number of anilines is 1. The Hall–Kier alpha value is -2.21. The molecule has 0 aliphatic carbocycles. The van der Waals surface area contributed by atoms with Crippen LogP contribution < -0.4 is 5.32 Å². The van der Waals surface area contributed by atoms with Gasteiger partial charge in [0.25, 0.3) is 5.91 Å². The van der Waals surface area contributed by atoms with Crippen LogP contribution in [0.2, 0.25) is 5.02 Å². The molecular weight excluding hydrogens is 278 g/mol. The van der Waals surface area contributed by atoms with Crippen molar-refractivity contribution >= 4 is 29.5 Å². The van der Waals surface area contributed by atoms with E-state index in [-0.39, 0.29) is 5.91 Å². The van der Waals surface area contributed by atoms with Crippen molar-refractivity contribution in [2.24, 2.45) is 0 Å². The van der Waals surface area contributed by atoms with Gasteiger partial charge in [0.2, 0.25) is 5.95 Å². The minimum atomic E-state index is -0.285. The van der Waals surface area contributed by atoms with Crippen LogP contribution in [0.4, 0.5) is 5.95 Å². The third-order valence-corrected chi connectivity index (χ3v) is 2.75. The van der Waals surface area contributed by atoms with Crippen LogP contribution in [0.1, 0.15) is 18.9 Å². The molecule has 1 heterocycles. The summed E-state index contributed by atoms with van der Waals surface area (Å²) < 4.78 is 1.55. The molecule has 0 aliphatic rings. The summed E-state index contributed by atoms with van der Waals surface area (Å²) >= 11 is 5.79. The number of aryl methyl sites for hydroxylation is 1. The van der Waals surface area contributed by atoms with E-state index in [4.69, 9.17) is 11.6 Å². The molecule has 1 aromatic heterocycles. The number of tetrazole rings is 1. The van der Waals surface area contributed by atoms with E-state index in [1.54, 1.807) is 22.9 Å². The summed E-state index contributed by atoms with van der Waals surface area (Å²) in [6, 6.07) is 7.18. The molecule has 2 rings (SSSR count). The predicted molar refractivity (Wildman–Crippen MR) is 77.2 cm³/mol. The van der Waals surface area contributed by atoms with Crippen molar-refractivity contribution in [1.82, 2.24) is 20.2 Å². The maximum Gasteiger partial charge on any atom is 0.250 e. The van der Waals surface area contributed by atoms with Gasteiger partial charge in [-0.15, -0.1) is 0 Å². The van der Waals surface area contributed by atoms with Crippen LogP contribution in [0.25, 0.3) is 6.08 Å². The molecule has 0 fully saturated rings. The summed E-state index contributed by atoms with van der Waals surface area (Å²) in [5.41, 5.74) is 0.887. The van der Waals surface area contributed by atoms with Crippen molar-refractivity contribution in [1.29, 1.82) is 0 Å². The third kappa shape index (κ3) is 3.89. The van der Waals surface area contributed by atoms with Crippen LogP contribution in [0, 0.1) is 0 Å². The number of benzene rings is 1. The number of hydrogen-bond acceptors (Lipinski definition) is 4. The van der Waals surface area contributed by atoms with Gasteiger partial charge in [-0.3, -0.25) is 10.1 Å². The maximum absolute atomic E-state index is 11.8. The van der Waals surface area contributed by atoms with Gasteiger partial charge in [0, 0.05) is 17.6 Å². The van der Waals surface area contributed by atoms with Crippen LogP contribution in [0.15, 0.2) is 30.3 Å². The number of rotatable bonds is 5. The maximum atomic E-state index is 11.8. The van der Waals surface area contributed by atoms with Crippen LogP contribution in [-0.2, 0) is 11.3 Å². The lowest BCUT2D eigenvalue weighted by molar-refractivity contribution is -0.111. The first-order valence-corrected chi connectivity index (χ1v) is 6.57. The van der Waals surface area contributed by atoms with Crippen molar-refractivity contribution in [2.45, 2.75) is 19.9 Å². The molecule has 0 radical (unpaired) electrons. The lowest BCUT2D eigenvalue weighted by Gasteiger charge is -2.02. The molecule has 1 aromatic carbocycles. The normalized spacial score (nSPS) is 10.9. The highest BCUT2D eigenvalue weighted by Gasteiger charge is 2.06. The summed E-state index contributed by atoms with van der Waals surface area (Å²) in [5.74, 6) is 0.0599. The van der Waals surface area contributed by atoms with Gasteiger partial charge in [-0.05, 0) is 40.6 Å². The Labute approximate surface area is 121 Å². The fraction of sp³-hybridized carbons (Fsp3) is 0.231. The Morgan fingerprint density at radius 3 is 2.85 bits per heavy atom. The topological polar surface area (TPSA) is 72.7 Å². The third-order valence-electron chi connectivity index (χ3n) is 2.50.